The number of fused-ring (bicyclic) bond motifs is 1. The summed E-state index contributed by atoms with van der Waals surface area (Å²) < 4.78 is 1.89. The van der Waals surface area contributed by atoms with Gasteiger partial charge in [-0.2, -0.15) is 5.10 Å². The number of phenolic OH excluding ortho intramolecular Hbond substituents is 1. The molecule has 7 rings (SSSR count). The van der Waals surface area contributed by atoms with Gasteiger partial charge in [-0.25, -0.2) is 4.98 Å². The molecule has 3 aromatic carbocycles. The number of hydrogen-bond donors (Lipinski definition) is 5. The van der Waals surface area contributed by atoms with Gasteiger partial charge < -0.3 is 30.5 Å². The van der Waals surface area contributed by atoms with Gasteiger partial charge in [0.1, 0.15) is 12.1 Å². The number of phenols is 1. The number of benzene rings is 3. The topological polar surface area (TPSA) is 140 Å². The van der Waals surface area contributed by atoms with E-state index in [2.05, 4.69) is 56.3 Å². The van der Waals surface area contributed by atoms with Gasteiger partial charge in [0.15, 0.2) is 11.4 Å². The van der Waals surface area contributed by atoms with Crippen molar-refractivity contribution in [3.8, 4) is 17.6 Å². The Bertz CT molecular complexity index is 2120. The Morgan fingerprint density at radius 3 is 2.50 bits per heavy atom. The summed E-state index contributed by atoms with van der Waals surface area (Å²) in [5.74, 6) is 7.15. The molecule has 0 radical (unpaired) electrons. The molecule has 268 valence electrons. The number of aliphatic hydroxyl groups excluding tert-OH is 1. The summed E-state index contributed by atoms with van der Waals surface area (Å²) in [6.07, 6.45) is 8.63. The molecule has 0 spiro atoms. The minimum atomic E-state index is -1.46. The van der Waals surface area contributed by atoms with Crippen LogP contribution in [0, 0.1) is 17.8 Å². The molecule has 1 aliphatic heterocycles. The molecule has 5 aromatic rings. The van der Waals surface area contributed by atoms with Gasteiger partial charge in [-0.15, -0.1) is 0 Å². The Kier molecular flexibility index (Phi) is 10.9. The lowest BCUT2D eigenvalue weighted by atomic mass is 9.83. The first-order valence-corrected chi connectivity index (χ1v) is 18.3. The quantitative estimate of drug-likeness (QED) is 0.0838. The van der Waals surface area contributed by atoms with E-state index in [9.17, 15) is 20.1 Å². The van der Waals surface area contributed by atoms with Crippen LogP contribution in [0.25, 0.3) is 10.9 Å². The molecule has 0 saturated carbocycles. The molecular weight excluding hydrogens is 652 g/mol. The van der Waals surface area contributed by atoms with Gasteiger partial charge in [-0.3, -0.25) is 9.48 Å². The summed E-state index contributed by atoms with van der Waals surface area (Å²) in [5, 5.41) is 41.7. The number of pyridine rings is 1. The lowest BCUT2D eigenvalue weighted by Gasteiger charge is -2.32. The first kappa shape index (κ1) is 35.4. The fourth-order valence-electron chi connectivity index (χ4n) is 7.32. The summed E-state index contributed by atoms with van der Waals surface area (Å²) in [6, 6.07) is 24.6. The molecule has 2 atom stereocenters. The van der Waals surface area contributed by atoms with Crippen LogP contribution in [0.5, 0.6) is 5.75 Å². The molecule has 10 nitrogen and oxygen atoms in total. The zero-order chi connectivity index (χ0) is 35.9. The van der Waals surface area contributed by atoms with Crippen molar-refractivity contribution in [2.24, 2.45) is 5.92 Å². The minimum absolute atomic E-state index is 0.0159. The number of nitrogens with zero attached hydrogens (tertiary/aromatic N) is 4. The lowest BCUT2D eigenvalue weighted by Crippen LogP contribution is -2.36. The van der Waals surface area contributed by atoms with E-state index >= 15 is 0 Å². The maximum Gasteiger partial charge on any atom is 0.248 e. The highest BCUT2D eigenvalue weighted by Crippen LogP contribution is 2.36. The van der Waals surface area contributed by atoms with Gasteiger partial charge in [0.25, 0.3) is 0 Å². The SMILES string of the molecule is O=c1ccc2c([C@@H](O)CNCCc3ccc(CCN4CCC(Cn5cnc(C(O)(C6=CCCC#C6)c6ccccc6)n5)CC4)cc3)ccc(O)c2[nH]1. The Balaban J connectivity index is 0.841. The molecular formula is C42H46N6O4. The first-order chi connectivity index (χ1) is 25.4. The van der Waals surface area contributed by atoms with Crippen LogP contribution in [0.4, 0.5) is 0 Å². The van der Waals surface area contributed by atoms with Crippen LogP contribution < -0.4 is 10.9 Å². The average Bonchev–Trinajstić information content (AvgIpc) is 3.66. The number of allylic oxidation sites excluding steroid dienone is 1. The number of hydrogen-bond acceptors (Lipinski definition) is 8. The summed E-state index contributed by atoms with van der Waals surface area (Å²) >= 11 is 0. The Labute approximate surface area is 303 Å². The number of aromatic hydroxyl groups is 1. The molecule has 2 aliphatic rings. The molecule has 52 heavy (non-hydrogen) atoms. The number of piperidine rings is 1. The summed E-state index contributed by atoms with van der Waals surface area (Å²) in [7, 11) is 0. The van der Waals surface area contributed by atoms with Crippen molar-refractivity contribution in [1.82, 2.24) is 30.0 Å². The maximum atomic E-state index is 12.0. The highest BCUT2D eigenvalue weighted by molar-refractivity contribution is 5.87. The number of aliphatic hydroxyl groups is 2. The van der Waals surface area contributed by atoms with Crippen molar-refractivity contribution in [3.05, 3.63) is 135 Å². The van der Waals surface area contributed by atoms with Crippen molar-refractivity contribution in [1.29, 1.82) is 0 Å². The molecule has 0 bridgehead atoms. The second kappa shape index (κ2) is 16.1. The Morgan fingerprint density at radius 1 is 0.981 bits per heavy atom. The number of nitrogens with one attached hydrogen (secondary N) is 2. The second-order valence-electron chi connectivity index (χ2n) is 13.9. The average molecular weight is 699 g/mol. The largest absolute Gasteiger partial charge is 0.506 e. The van der Waals surface area contributed by atoms with E-state index in [0.29, 0.717) is 40.3 Å². The van der Waals surface area contributed by atoms with Crippen molar-refractivity contribution in [2.45, 2.75) is 56.8 Å². The molecule has 0 amide bonds. The van der Waals surface area contributed by atoms with Crippen molar-refractivity contribution in [3.63, 3.8) is 0 Å². The van der Waals surface area contributed by atoms with Gasteiger partial charge in [-0.1, -0.05) is 78.6 Å². The molecule has 10 heteroatoms. The van der Waals surface area contributed by atoms with Crippen LogP contribution in [0.1, 0.15) is 59.9 Å². The zero-order valence-corrected chi connectivity index (χ0v) is 29.3. The van der Waals surface area contributed by atoms with Crippen LogP contribution in [-0.2, 0) is 25.0 Å². The van der Waals surface area contributed by atoms with Gasteiger partial charge in [0, 0.05) is 43.1 Å². The third kappa shape index (κ3) is 8.04. The van der Waals surface area contributed by atoms with Crippen molar-refractivity contribution < 1.29 is 15.3 Å². The van der Waals surface area contributed by atoms with E-state index in [1.54, 1.807) is 18.5 Å². The number of likely N-dealkylation sites (tertiary alicyclic amines) is 1. The number of rotatable bonds is 14. The van der Waals surface area contributed by atoms with Crippen molar-refractivity contribution in [2.75, 3.05) is 32.7 Å². The fraction of sp³-hybridized carbons (Fsp3) is 0.357. The highest BCUT2D eigenvalue weighted by atomic mass is 16.3. The lowest BCUT2D eigenvalue weighted by molar-refractivity contribution is 0.114. The molecule has 1 fully saturated rings. The van der Waals surface area contributed by atoms with E-state index in [4.69, 9.17) is 5.10 Å². The second-order valence-corrected chi connectivity index (χ2v) is 13.9. The maximum absolute atomic E-state index is 12.0. The number of aromatic amines is 1. The Morgan fingerprint density at radius 2 is 1.75 bits per heavy atom. The highest BCUT2D eigenvalue weighted by Gasteiger charge is 2.39. The monoisotopic (exact) mass is 698 g/mol. The van der Waals surface area contributed by atoms with Crippen LogP contribution >= 0.6 is 0 Å². The standard InChI is InChI=1S/C42H46N6O4/c49-37-17-15-35(36-16-18-39(51)45-40(36)37)38(50)27-43-23-19-30-11-13-31(14-12-30)20-24-47-25-21-32(22-26-47)28-48-29-44-41(46-48)42(52,33-7-3-1-4-8-33)34-9-5-2-6-10-34/h1,3-4,7-9,11-18,29,32,38,43,49-50,52H,2,5,19-28H2,(H,45,51)/t38-,42?/m0/s1. The van der Waals surface area contributed by atoms with Crippen LogP contribution in [0.15, 0.2) is 102 Å². The van der Waals surface area contributed by atoms with Gasteiger partial charge >= 0.3 is 0 Å². The summed E-state index contributed by atoms with van der Waals surface area (Å²) in [5.41, 5.74) is 3.18. The van der Waals surface area contributed by atoms with Gasteiger partial charge in [0.05, 0.1) is 11.6 Å². The predicted octanol–water partition coefficient (Wildman–Crippen LogP) is 4.61. The van der Waals surface area contributed by atoms with Gasteiger partial charge in [0.2, 0.25) is 5.56 Å². The molecule has 3 heterocycles. The van der Waals surface area contributed by atoms with E-state index in [1.807, 2.05) is 41.1 Å². The number of aromatic nitrogens is 4. The van der Waals surface area contributed by atoms with Crippen LogP contribution in [-0.4, -0.2) is 72.7 Å². The minimum Gasteiger partial charge on any atom is -0.506 e. The molecule has 2 aromatic heterocycles. The molecule has 1 saturated heterocycles. The van der Waals surface area contributed by atoms with E-state index in [1.165, 1.54) is 23.3 Å². The Hall–Kier alpha value is -5.05. The third-order valence-corrected chi connectivity index (χ3v) is 10.4. The van der Waals surface area contributed by atoms with Crippen LogP contribution in [0.2, 0.25) is 0 Å². The fourth-order valence-corrected chi connectivity index (χ4v) is 7.32. The molecule has 1 aliphatic carbocycles. The first-order valence-electron chi connectivity index (χ1n) is 18.3. The van der Waals surface area contributed by atoms with E-state index in [0.717, 1.165) is 76.8 Å². The molecule has 1 unspecified atom stereocenters. The smallest absolute Gasteiger partial charge is 0.248 e. The zero-order valence-electron chi connectivity index (χ0n) is 29.3. The van der Waals surface area contributed by atoms with E-state index in [-0.39, 0.29) is 11.3 Å². The van der Waals surface area contributed by atoms with Crippen molar-refractivity contribution >= 4 is 10.9 Å². The molecule has 5 N–H and O–H groups in total. The number of H-pyrrole nitrogens is 1. The van der Waals surface area contributed by atoms with Crippen LogP contribution in [0.3, 0.4) is 0 Å². The normalized spacial score (nSPS) is 16.9. The van der Waals surface area contributed by atoms with E-state index < -0.39 is 11.7 Å². The third-order valence-electron chi connectivity index (χ3n) is 10.4. The predicted molar refractivity (Wildman–Crippen MR) is 202 cm³/mol. The summed E-state index contributed by atoms with van der Waals surface area (Å²) in [6.45, 7) is 4.99. The summed E-state index contributed by atoms with van der Waals surface area (Å²) in [4.78, 5) is 21.5. The van der Waals surface area contributed by atoms with Gasteiger partial charge in [-0.05, 0) is 92.0 Å².